The Morgan fingerprint density at radius 2 is 1.43 bits per heavy atom. The summed E-state index contributed by atoms with van der Waals surface area (Å²) in [5.74, 6) is 0. The molecule has 0 aliphatic rings. The number of sulfonamides is 2. The molecule has 2 aromatic carbocycles. The third-order valence-electron chi connectivity index (χ3n) is 2.97. The number of hydrogen-bond donors (Lipinski definition) is 2. The minimum absolute atomic E-state index is 0.0270. The Kier molecular flexibility index (Phi) is 4.88. The van der Waals surface area contributed by atoms with Gasteiger partial charge in [-0.15, -0.1) is 0 Å². The smallest absolute Gasteiger partial charge is 0.262 e. The van der Waals surface area contributed by atoms with Crippen LogP contribution in [0.5, 0.6) is 0 Å². The van der Waals surface area contributed by atoms with Crippen molar-refractivity contribution < 1.29 is 16.8 Å². The van der Waals surface area contributed by atoms with Gasteiger partial charge in [-0.25, -0.2) is 16.8 Å². The van der Waals surface area contributed by atoms with Crippen molar-refractivity contribution >= 4 is 43.0 Å². The van der Waals surface area contributed by atoms with Gasteiger partial charge in [-0.3, -0.25) is 9.44 Å². The van der Waals surface area contributed by atoms with Crippen molar-refractivity contribution in [3.63, 3.8) is 0 Å². The zero-order valence-corrected chi connectivity index (χ0v) is 14.8. The highest BCUT2D eigenvalue weighted by atomic mass is 35.5. The van der Waals surface area contributed by atoms with Crippen molar-refractivity contribution in [2.45, 2.75) is 11.8 Å². The Morgan fingerprint density at radius 3 is 2.00 bits per heavy atom. The highest BCUT2D eigenvalue weighted by Gasteiger charge is 2.20. The molecule has 6 nitrogen and oxygen atoms in total. The number of rotatable bonds is 5. The molecule has 0 spiro atoms. The first-order valence-corrected chi connectivity index (χ1v) is 10.2. The predicted molar refractivity (Wildman–Crippen MR) is 91.9 cm³/mol. The summed E-state index contributed by atoms with van der Waals surface area (Å²) in [7, 11) is -7.45. The molecule has 0 aliphatic carbocycles. The molecule has 0 amide bonds. The van der Waals surface area contributed by atoms with E-state index in [1.54, 1.807) is 25.1 Å². The van der Waals surface area contributed by atoms with Crippen molar-refractivity contribution in [3.8, 4) is 0 Å². The summed E-state index contributed by atoms with van der Waals surface area (Å²) in [6.07, 6.45) is 0.986. The number of anilines is 2. The van der Waals surface area contributed by atoms with Crippen molar-refractivity contribution in [2.75, 3.05) is 15.7 Å². The minimum Gasteiger partial charge on any atom is -0.282 e. The van der Waals surface area contributed by atoms with Gasteiger partial charge in [0.1, 0.15) is 0 Å². The highest BCUT2D eigenvalue weighted by molar-refractivity contribution is 7.93. The van der Waals surface area contributed by atoms with Gasteiger partial charge < -0.3 is 0 Å². The quantitative estimate of drug-likeness (QED) is 0.841. The molecule has 9 heteroatoms. The third kappa shape index (κ3) is 4.37. The van der Waals surface area contributed by atoms with E-state index in [1.165, 1.54) is 24.3 Å². The Morgan fingerprint density at radius 1 is 0.870 bits per heavy atom. The topological polar surface area (TPSA) is 92.3 Å². The van der Waals surface area contributed by atoms with Crippen LogP contribution >= 0.6 is 11.6 Å². The fourth-order valence-electron chi connectivity index (χ4n) is 1.94. The van der Waals surface area contributed by atoms with E-state index in [4.69, 9.17) is 11.6 Å². The summed E-state index contributed by atoms with van der Waals surface area (Å²) < 4.78 is 52.5. The lowest BCUT2D eigenvalue weighted by Gasteiger charge is -2.14. The molecule has 2 N–H and O–H groups in total. The van der Waals surface area contributed by atoms with Crippen LogP contribution in [0, 0.1) is 6.92 Å². The molecular formula is C14H15ClN2O4S2. The van der Waals surface area contributed by atoms with Gasteiger partial charge in [0.05, 0.1) is 22.5 Å². The van der Waals surface area contributed by atoms with Crippen LogP contribution < -0.4 is 9.44 Å². The maximum atomic E-state index is 12.5. The van der Waals surface area contributed by atoms with E-state index in [0.717, 1.165) is 6.26 Å². The maximum absolute atomic E-state index is 12.5. The Balaban J connectivity index is 2.44. The Hall–Kier alpha value is -1.77. The van der Waals surface area contributed by atoms with Crippen LogP contribution in [0.4, 0.5) is 11.4 Å². The van der Waals surface area contributed by atoms with Gasteiger partial charge in [0, 0.05) is 5.02 Å². The van der Waals surface area contributed by atoms with E-state index in [9.17, 15) is 16.8 Å². The van der Waals surface area contributed by atoms with E-state index in [0.29, 0.717) is 10.6 Å². The Bertz CT molecular complexity index is 941. The molecule has 0 unspecified atom stereocenters. The molecule has 0 heterocycles. The maximum Gasteiger partial charge on any atom is 0.262 e. The molecule has 0 aliphatic heterocycles. The molecule has 124 valence electrons. The first kappa shape index (κ1) is 17.6. The molecule has 0 atom stereocenters. The number of nitrogens with one attached hydrogen (secondary N) is 2. The second-order valence-corrected chi connectivity index (χ2v) is 8.69. The third-order valence-corrected chi connectivity index (χ3v) is 5.48. The lowest BCUT2D eigenvalue weighted by atomic mass is 10.2. The van der Waals surface area contributed by atoms with Crippen molar-refractivity contribution in [2.24, 2.45) is 0 Å². The normalized spacial score (nSPS) is 12.0. The lowest BCUT2D eigenvalue weighted by molar-refractivity contribution is 0.600. The first-order chi connectivity index (χ1) is 10.6. The lowest BCUT2D eigenvalue weighted by Crippen LogP contribution is -2.17. The standard InChI is InChI=1S/C14H15ClN2O4S2/c1-10-11(15)6-5-9-14(10)23(20,21)17-13-8-4-3-7-12(13)16-22(2,18)19/h3-9,16-17H,1-2H3. The van der Waals surface area contributed by atoms with Gasteiger partial charge in [0.2, 0.25) is 10.0 Å². The zero-order valence-electron chi connectivity index (χ0n) is 12.4. The van der Waals surface area contributed by atoms with Crippen molar-refractivity contribution in [3.05, 3.63) is 53.1 Å². The molecular weight excluding hydrogens is 360 g/mol. The summed E-state index contributed by atoms with van der Waals surface area (Å²) in [4.78, 5) is 0.0270. The van der Waals surface area contributed by atoms with Gasteiger partial charge in [-0.1, -0.05) is 29.8 Å². The van der Waals surface area contributed by atoms with E-state index < -0.39 is 20.0 Å². The van der Waals surface area contributed by atoms with Gasteiger partial charge in [-0.05, 0) is 36.8 Å². The second-order valence-electron chi connectivity index (χ2n) is 4.89. The van der Waals surface area contributed by atoms with Crippen LogP contribution in [0.15, 0.2) is 47.4 Å². The number of hydrogen-bond acceptors (Lipinski definition) is 4. The van der Waals surface area contributed by atoms with Crippen LogP contribution in [-0.4, -0.2) is 23.1 Å². The Labute approximate surface area is 140 Å². The summed E-state index contributed by atoms with van der Waals surface area (Å²) in [6, 6.07) is 10.7. The molecule has 23 heavy (non-hydrogen) atoms. The predicted octanol–water partition coefficient (Wildman–Crippen LogP) is 2.82. The van der Waals surface area contributed by atoms with Crippen LogP contribution in [0.3, 0.4) is 0 Å². The average molecular weight is 375 g/mol. The molecule has 2 rings (SSSR count). The molecule has 0 fully saturated rings. The zero-order chi connectivity index (χ0) is 17.3. The monoisotopic (exact) mass is 374 g/mol. The number of para-hydroxylation sites is 2. The summed E-state index contributed by atoms with van der Waals surface area (Å²) in [6.45, 7) is 1.59. The van der Waals surface area contributed by atoms with Gasteiger partial charge in [0.15, 0.2) is 0 Å². The summed E-state index contributed by atoms with van der Waals surface area (Å²) in [5, 5.41) is 0.329. The minimum atomic E-state index is -3.91. The average Bonchev–Trinajstić information content (AvgIpc) is 2.42. The van der Waals surface area contributed by atoms with Crippen LogP contribution in [0.1, 0.15) is 5.56 Å². The van der Waals surface area contributed by atoms with Crippen molar-refractivity contribution in [1.29, 1.82) is 0 Å². The molecule has 2 aromatic rings. The van der Waals surface area contributed by atoms with Crippen LogP contribution in [0.2, 0.25) is 5.02 Å². The van der Waals surface area contributed by atoms with Crippen LogP contribution in [-0.2, 0) is 20.0 Å². The molecule has 0 saturated carbocycles. The van der Waals surface area contributed by atoms with Gasteiger partial charge in [-0.2, -0.15) is 0 Å². The van der Waals surface area contributed by atoms with Crippen LogP contribution in [0.25, 0.3) is 0 Å². The van der Waals surface area contributed by atoms with E-state index in [-0.39, 0.29) is 16.3 Å². The van der Waals surface area contributed by atoms with E-state index in [2.05, 4.69) is 9.44 Å². The molecule has 0 bridgehead atoms. The summed E-state index contributed by atoms with van der Waals surface area (Å²) in [5.41, 5.74) is 0.672. The SMILES string of the molecule is Cc1c(Cl)cccc1S(=O)(=O)Nc1ccccc1NS(C)(=O)=O. The fourth-order valence-corrected chi connectivity index (χ4v) is 4.10. The van der Waals surface area contributed by atoms with E-state index in [1.807, 2.05) is 0 Å². The fraction of sp³-hybridized carbons (Fsp3) is 0.143. The van der Waals surface area contributed by atoms with E-state index >= 15 is 0 Å². The molecule has 0 saturated heterocycles. The molecule has 0 radical (unpaired) electrons. The first-order valence-electron chi connectivity index (χ1n) is 6.45. The van der Waals surface area contributed by atoms with Gasteiger partial charge in [0.25, 0.3) is 10.0 Å². The summed E-state index contributed by atoms with van der Waals surface area (Å²) >= 11 is 5.96. The number of halogens is 1. The largest absolute Gasteiger partial charge is 0.282 e. The second kappa shape index (κ2) is 6.38. The number of benzene rings is 2. The highest BCUT2D eigenvalue weighted by Crippen LogP contribution is 2.28. The van der Waals surface area contributed by atoms with Crippen molar-refractivity contribution in [1.82, 2.24) is 0 Å². The molecule has 0 aromatic heterocycles. The van der Waals surface area contributed by atoms with Gasteiger partial charge >= 0.3 is 0 Å².